The Labute approximate surface area is 115 Å². The van der Waals surface area contributed by atoms with Crippen LogP contribution in [-0.2, 0) is 4.74 Å². The van der Waals surface area contributed by atoms with Crippen LogP contribution in [0.5, 0.6) is 0 Å². The van der Waals surface area contributed by atoms with E-state index in [0.29, 0.717) is 23.5 Å². The van der Waals surface area contributed by atoms with Crippen LogP contribution < -0.4 is 11.1 Å². The molecule has 0 bridgehead atoms. The quantitative estimate of drug-likeness (QED) is 0.483. The zero-order chi connectivity index (χ0) is 14.3. The number of hydrogen-bond donors (Lipinski definition) is 5. The molecule has 0 aliphatic carbocycles. The van der Waals surface area contributed by atoms with Gasteiger partial charge in [0.05, 0.1) is 30.3 Å². The maximum Gasteiger partial charge on any atom is 0.151 e. The first-order valence-electron chi connectivity index (χ1n) is 6.32. The van der Waals surface area contributed by atoms with Gasteiger partial charge in [-0.05, 0) is 0 Å². The van der Waals surface area contributed by atoms with Crippen LogP contribution in [0.2, 0.25) is 0 Å². The van der Waals surface area contributed by atoms with E-state index in [2.05, 4.69) is 20.3 Å². The van der Waals surface area contributed by atoms with Crippen molar-refractivity contribution in [2.24, 2.45) is 0 Å². The smallest absolute Gasteiger partial charge is 0.151 e. The summed E-state index contributed by atoms with van der Waals surface area (Å²) < 4.78 is 5.03. The third-order valence-electron chi connectivity index (χ3n) is 3.70. The third kappa shape index (κ3) is 1.93. The number of aromatic nitrogens is 3. The van der Waals surface area contributed by atoms with Crippen molar-refractivity contribution in [1.29, 1.82) is 0 Å². The lowest BCUT2D eigenvalue weighted by molar-refractivity contribution is 0.0149. The molecule has 0 amide bonds. The largest absolute Gasteiger partial charge is 0.389 e. The lowest BCUT2D eigenvalue weighted by Crippen LogP contribution is -2.36. The number of aromatic amines is 1. The number of nitrogens with two attached hydrogens (primary N) is 1. The van der Waals surface area contributed by atoms with Gasteiger partial charge in [0, 0.05) is 18.9 Å². The topological polar surface area (TPSA) is 129 Å². The number of aliphatic hydroxyl groups is 2. The predicted octanol–water partition coefficient (Wildman–Crippen LogP) is -1.08. The molecule has 1 saturated heterocycles. The van der Waals surface area contributed by atoms with Gasteiger partial charge in [-0.2, -0.15) is 0 Å². The molecule has 4 atom stereocenters. The number of H-pyrrole nitrogens is 1. The van der Waals surface area contributed by atoms with E-state index in [1.807, 2.05) is 0 Å². The van der Waals surface area contributed by atoms with Crippen LogP contribution in [0.1, 0.15) is 11.6 Å². The Balaban J connectivity index is 1.97. The highest BCUT2D eigenvalue weighted by Gasteiger charge is 2.42. The second-order valence-corrected chi connectivity index (χ2v) is 4.91. The average molecular weight is 279 g/mol. The Kier molecular flexibility index (Phi) is 3.30. The Morgan fingerprint density at radius 3 is 2.90 bits per heavy atom. The lowest BCUT2D eigenvalue weighted by atomic mass is 10.0. The Morgan fingerprint density at radius 1 is 1.35 bits per heavy atom. The van der Waals surface area contributed by atoms with Crippen molar-refractivity contribution >= 4 is 16.9 Å². The molecule has 2 aromatic heterocycles. The van der Waals surface area contributed by atoms with Crippen LogP contribution in [0.4, 0.5) is 5.82 Å². The fourth-order valence-electron chi connectivity index (χ4n) is 2.68. The summed E-state index contributed by atoms with van der Waals surface area (Å²) in [6.45, 7) is 0.314. The first-order chi connectivity index (χ1) is 9.63. The van der Waals surface area contributed by atoms with Gasteiger partial charge in [-0.15, -0.1) is 0 Å². The number of nitrogens with zero attached hydrogens (tertiary/aromatic N) is 2. The Hall–Kier alpha value is -1.74. The number of aliphatic hydroxyl groups excluding tert-OH is 2. The third-order valence-corrected chi connectivity index (χ3v) is 3.70. The zero-order valence-corrected chi connectivity index (χ0v) is 10.9. The summed E-state index contributed by atoms with van der Waals surface area (Å²) in [6, 6.07) is -0.766. The zero-order valence-electron chi connectivity index (χ0n) is 10.9. The maximum absolute atomic E-state index is 10.2. The second kappa shape index (κ2) is 4.98. The van der Waals surface area contributed by atoms with E-state index in [1.54, 1.807) is 13.3 Å². The van der Waals surface area contributed by atoms with E-state index >= 15 is 0 Å². The molecule has 108 valence electrons. The molecule has 2 aromatic rings. The molecule has 1 aliphatic heterocycles. The molecule has 1 unspecified atom stereocenters. The standard InChI is InChI=1S/C12H17N5O3/c1-20-3-6-10(18)11(19)8(17-6)5-2-14-9-7(5)15-4-16-12(9)13/h2,4,6,8,10-11,14,17-19H,3H2,1H3,(H2,13,15,16)/t6-,8+,10+,11?/m1/s1. The molecule has 1 aliphatic rings. The number of rotatable bonds is 3. The number of fused-ring (bicyclic) bond motifs is 1. The summed E-state index contributed by atoms with van der Waals surface area (Å²) in [5.74, 6) is 0.350. The van der Waals surface area contributed by atoms with Crippen LogP contribution in [-0.4, -0.2) is 57.1 Å². The molecule has 20 heavy (non-hydrogen) atoms. The minimum absolute atomic E-state index is 0.314. The molecule has 0 spiro atoms. The summed E-state index contributed by atoms with van der Waals surface area (Å²) in [6.07, 6.45) is 1.26. The minimum atomic E-state index is -0.940. The van der Waals surface area contributed by atoms with Crippen molar-refractivity contribution in [1.82, 2.24) is 20.3 Å². The molecule has 6 N–H and O–H groups in total. The number of nitrogens with one attached hydrogen (secondary N) is 2. The van der Waals surface area contributed by atoms with Gasteiger partial charge in [0.1, 0.15) is 17.9 Å². The van der Waals surface area contributed by atoms with Crippen LogP contribution in [0.25, 0.3) is 11.0 Å². The highest BCUT2D eigenvalue weighted by Crippen LogP contribution is 2.32. The van der Waals surface area contributed by atoms with Crippen molar-refractivity contribution in [2.75, 3.05) is 19.5 Å². The van der Waals surface area contributed by atoms with Gasteiger partial charge in [0.2, 0.25) is 0 Å². The van der Waals surface area contributed by atoms with Gasteiger partial charge in [-0.3, -0.25) is 0 Å². The van der Waals surface area contributed by atoms with Crippen molar-refractivity contribution in [3.8, 4) is 0 Å². The summed E-state index contributed by atoms with van der Waals surface area (Å²) in [5.41, 5.74) is 7.78. The normalized spacial score (nSPS) is 30.1. The first kappa shape index (κ1) is 13.3. The number of anilines is 1. The van der Waals surface area contributed by atoms with Gasteiger partial charge in [0.15, 0.2) is 5.82 Å². The molecular formula is C12H17N5O3. The van der Waals surface area contributed by atoms with E-state index in [4.69, 9.17) is 10.5 Å². The molecule has 0 saturated carbocycles. The van der Waals surface area contributed by atoms with Crippen molar-refractivity contribution in [3.63, 3.8) is 0 Å². The molecule has 3 rings (SSSR count). The minimum Gasteiger partial charge on any atom is -0.389 e. The van der Waals surface area contributed by atoms with Crippen molar-refractivity contribution < 1.29 is 14.9 Å². The van der Waals surface area contributed by atoms with Gasteiger partial charge in [0.25, 0.3) is 0 Å². The Morgan fingerprint density at radius 2 is 2.15 bits per heavy atom. The van der Waals surface area contributed by atoms with Crippen LogP contribution in [0.3, 0.4) is 0 Å². The van der Waals surface area contributed by atoms with Gasteiger partial charge >= 0.3 is 0 Å². The highest BCUT2D eigenvalue weighted by atomic mass is 16.5. The van der Waals surface area contributed by atoms with E-state index in [-0.39, 0.29) is 6.04 Å². The van der Waals surface area contributed by atoms with E-state index in [0.717, 1.165) is 5.56 Å². The molecule has 8 heteroatoms. The van der Waals surface area contributed by atoms with Crippen LogP contribution >= 0.6 is 0 Å². The van der Waals surface area contributed by atoms with Crippen LogP contribution in [0.15, 0.2) is 12.5 Å². The fraction of sp³-hybridized carbons (Fsp3) is 0.500. The fourth-order valence-corrected chi connectivity index (χ4v) is 2.68. The number of ether oxygens (including phenoxy) is 1. The van der Waals surface area contributed by atoms with E-state index < -0.39 is 18.2 Å². The SMILES string of the molecule is COC[C@H]1N[C@@H](c2c[nH]c3c(N)ncnc23)C(O)[C@H]1O. The molecular weight excluding hydrogens is 262 g/mol. The average Bonchev–Trinajstić information content (AvgIpc) is 2.97. The second-order valence-electron chi connectivity index (χ2n) is 4.91. The molecule has 0 radical (unpaired) electrons. The summed E-state index contributed by atoms with van der Waals surface area (Å²) in [7, 11) is 1.55. The van der Waals surface area contributed by atoms with Crippen LogP contribution in [0, 0.1) is 0 Å². The summed E-state index contributed by atoms with van der Waals surface area (Å²) >= 11 is 0. The summed E-state index contributed by atoms with van der Waals surface area (Å²) in [4.78, 5) is 11.1. The Bertz CT molecular complexity index is 616. The van der Waals surface area contributed by atoms with E-state index in [1.165, 1.54) is 6.33 Å². The van der Waals surface area contributed by atoms with E-state index in [9.17, 15) is 10.2 Å². The monoisotopic (exact) mass is 279 g/mol. The number of nitrogen functional groups attached to an aromatic ring is 1. The lowest BCUT2D eigenvalue weighted by Gasteiger charge is -2.14. The predicted molar refractivity (Wildman–Crippen MR) is 71.9 cm³/mol. The maximum atomic E-state index is 10.2. The molecule has 8 nitrogen and oxygen atoms in total. The summed E-state index contributed by atoms with van der Waals surface area (Å²) in [5, 5.41) is 23.4. The van der Waals surface area contributed by atoms with Crippen molar-refractivity contribution in [3.05, 3.63) is 18.1 Å². The first-order valence-corrected chi connectivity index (χ1v) is 6.32. The molecule has 0 aromatic carbocycles. The molecule has 3 heterocycles. The molecule has 1 fully saturated rings. The van der Waals surface area contributed by atoms with Gasteiger partial charge in [-0.1, -0.05) is 0 Å². The van der Waals surface area contributed by atoms with Gasteiger partial charge < -0.3 is 31.0 Å². The number of hydrogen-bond acceptors (Lipinski definition) is 7. The highest BCUT2D eigenvalue weighted by molar-refractivity contribution is 5.87. The van der Waals surface area contributed by atoms with Crippen molar-refractivity contribution in [2.45, 2.75) is 24.3 Å². The van der Waals surface area contributed by atoms with Gasteiger partial charge in [-0.25, -0.2) is 9.97 Å². The number of methoxy groups -OCH3 is 1.